The quantitative estimate of drug-likeness (QED) is 0.542. The lowest BCUT2D eigenvalue weighted by molar-refractivity contribution is -0.127. The van der Waals surface area contributed by atoms with Crippen molar-refractivity contribution in [1.29, 1.82) is 0 Å². The highest BCUT2D eigenvalue weighted by atomic mass is 35.5. The number of aliphatic hydroxyl groups is 1. The molecule has 5 nitrogen and oxygen atoms in total. The third kappa shape index (κ3) is 5.54. The number of alkyl halides is 2. The number of hydrogen-bond donors (Lipinski definition) is 4. The molecule has 2 heterocycles. The molecular weight excluding hydrogens is 357 g/mol. The topological polar surface area (TPSA) is 73.4 Å². The van der Waals surface area contributed by atoms with E-state index in [-0.39, 0.29) is 31.0 Å². The van der Waals surface area contributed by atoms with Gasteiger partial charge in [0.25, 0.3) is 0 Å². The molecule has 26 heavy (non-hydrogen) atoms. The van der Waals surface area contributed by atoms with E-state index in [2.05, 4.69) is 16.0 Å². The van der Waals surface area contributed by atoms with Gasteiger partial charge in [-0.25, -0.2) is 4.39 Å². The summed E-state index contributed by atoms with van der Waals surface area (Å²) in [5, 5.41) is 18.8. The minimum absolute atomic E-state index is 0.0143. The van der Waals surface area contributed by atoms with Gasteiger partial charge in [-0.2, -0.15) is 0 Å². The van der Waals surface area contributed by atoms with Gasteiger partial charge in [0.15, 0.2) is 0 Å². The molecule has 0 bridgehead atoms. The molecule has 2 aliphatic heterocycles. The van der Waals surface area contributed by atoms with Gasteiger partial charge in [-0.15, -0.1) is 11.6 Å². The van der Waals surface area contributed by atoms with Crippen LogP contribution in [0.2, 0.25) is 0 Å². The monoisotopic (exact) mass is 389 g/mol. The first-order chi connectivity index (χ1) is 12.5. The van der Waals surface area contributed by atoms with E-state index in [0.29, 0.717) is 17.8 Å². The van der Waals surface area contributed by atoms with Crippen LogP contribution in [0.4, 0.5) is 4.39 Å². The zero-order valence-electron chi connectivity index (χ0n) is 15.4. The fourth-order valence-corrected chi connectivity index (χ4v) is 5.17. The Bertz CT molecular complexity index is 462. The van der Waals surface area contributed by atoms with Crippen molar-refractivity contribution in [3.8, 4) is 0 Å². The summed E-state index contributed by atoms with van der Waals surface area (Å²) in [7, 11) is 0. The van der Waals surface area contributed by atoms with Gasteiger partial charge in [0.2, 0.25) is 5.91 Å². The van der Waals surface area contributed by atoms with Crippen molar-refractivity contribution in [2.24, 2.45) is 17.8 Å². The van der Waals surface area contributed by atoms with E-state index in [1.165, 1.54) is 19.3 Å². The van der Waals surface area contributed by atoms with Crippen LogP contribution >= 0.6 is 11.6 Å². The van der Waals surface area contributed by atoms with E-state index in [0.717, 1.165) is 38.1 Å². The van der Waals surface area contributed by atoms with Gasteiger partial charge < -0.3 is 15.7 Å². The number of hydrogen-bond acceptors (Lipinski definition) is 4. The Hall–Kier alpha value is -0.430. The van der Waals surface area contributed by atoms with Crippen molar-refractivity contribution in [2.45, 2.75) is 75.1 Å². The summed E-state index contributed by atoms with van der Waals surface area (Å²) in [5.41, 5.74) is 0. The summed E-state index contributed by atoms with van der Waals surface area (Å²) in [4.78, 5) is 12.4. The van der Waals surface area contributed by atoms with Crippen LogP contribution < -0.4 is 16.0 Å². The van der Waals surface area contributed by atoms with Crippen LogP contribution in [-0.2, 0) is 4.79 Å². The molecule has 0 radical (unpaired) electrons. The maximum atomic E-state index is 13.9. The summed E-state index contributed by atoms with van der Waals surface area (Å²) in [6, 6.07) is -0.542. The van der Waals surface area contributed by atoms with Gasteiger partial charge in [-0.1, -0.05) is 12.8 Å². The smallest absolute Gasteiger partial charge is 0.225 e. The molecule has 0 aromatic heterocycles. The normalized spacial score (nSPS) is 41.6. The minimum Gasteiger partial charge on any atom is -0.395 e. The van der Waals surface area contributed by atoms with Gasteiger partial charge in [-0.05, 0) is 56.9 Å². The SMILES string of the molecule is O=C(NC1CCC(CC2CCCC(Cl)C2)CN1)C1CNC(CO)C(F)C1. The molecule has 0 aromatic rings. The predicted molar refractivity (Wildman–Crippen MR) is 101 cm³/mol. The number of amides is 1. The molecule has 0 spiro atoms. The number of rotatable bonds is 5. The van der Waals surface area contributed by atoms with Gasteiger partial charge in [0.1, 0.15) is 6.17 Å². The minimum atomic E-state index is -1.17. The summed E-state index contributed by atoms with van der Waals surface area (Å²) in [6.07, 6.45) is 7.11. The zero-order chi connectivity index (χ0) is 18.5. The zero-order valence-corrected chi connectivity index (χ0v) is 16.2. The van der Waals surface area contributed by atoms with Crippen molar-refractivity contribution in [3.05, 3.63) is 0 Å². The second kappa shape index (κ2) is 9.67. The fourth-order valence-electron chi connectivity index (χ4n) is 4.76. The summed E-state index contributed by atoms with van der Waals surface area (Å²) in [6.45, 7) is 1.12. The Kier molecular flexibility index (Phi) is 7.55. The van der Waals surface area contributed by atoms with Gasteiger partial charge >= 0.3 is 0 Å². The lowest BCUT2D eigenvalue weighted by Gasteiger charge is -2.36. The molecule has 3 aliphatic rings. The second-order valence-electron chi connectivity index (χ2n) is 8.42. The molecule has 1 aliphatic carbocycles. The standard InChI is InChI=1S/C19H33ClFN3O2/c20-15-3-1-2-12(7-15)6-13-4-5-18(23-9-13)24-19(26)14-8-16(21)17(11-25)22-10-14/h12-18,22-23,25H,1-11H2,(H,24,26). The van der Waals surface area contributed by atoms with E-state index < -0.39 is 12.2 Å². The van der Waals surface area contributed by atoms with Crippen molar-refractivity contribution >= 4 is 17.5 Å². The van der Waals surface area contributed by atoms with Crippen molar-refractivity contribution in [2.75, 3.05) is 19.7 Å². The molecule has 7 unspecified atom stereocenters. The van der Waals surface area contributed by atoms with E-state index in [1.54, 1.807) is 0 Å². The third-order valence-corrected chi connectivity index (χ3v) is 6.76. The third-order valence-electron chi connectivity index (χ3n) is 6.36. The predicted octanol–water partition coefficient (Wildman–Crippen LogP) is 1.92. The van der Waals surface area contributed by atoms with Crippen molar-refractivity contribution in [3.63, 3.8) is 0 Å². The highest BCUT2D eigenvalue weighted by molar-refractivity contribution is 6.20. The Balaban J connectivity index is 1.36. The van der Waals surface area contributed by atoms with Crippen molar-refractivity contribution in [1.82, 2.24) is 16.0 Å². The van der Waals surface area contributed by atoms with Crippen LogP contribution in [-0.4, -0.2) is 54.5 Å². The van der Waals surface area contributed by atoms with Gasteiger partial charge in [0.05, 0.1) is 24.7 Å². The lowest BCUT2D eigenvalue weighted by Crippen LogP contribution is -2.56. The first kappa shape index (κ1) is 20.3. The van der Waals surface area contributed by atoms with E-state index in [4.69, 9.17) is 16.7 Å². The Labute approximate surface area is 160 Å². The molecule has 2 saturated heterocycles. The molecule has 7 atom stereocenters. The summed E-state index contributed by atoms with van der Waals surface area (Å²) < 4.78 is 13.9. The largest absolute Gasteiger partial charge is 0.395 e. The van der Waals surface area contributed by atoms with E-state index >= 15 is 0 Å². The molecule has 0 aromatic carbocycles. The number of carbonyl (C=O) groups excluding carboxylic acids is 1. The molecule has 1 saturated carbocycles. The van der Waals surface area contributed by atoms with Gasteiger partial charge in [0, 0.05) is 11.9 Å². The van der Waals surface area contributed by atoms with Crippen LogP contribution in [0.5, 0.6) is 0 Å². The average Bonchev–Trinajstić information content (AvgIpc) is 2.63. The second-order valence-corrected chi connectivity index (χ2v) is 9.04. The maximum absolute atomic E-state index is 13.9. The number of aliphatic hydroxyl groups excluding tert-OH is 1. The highest BCUT2D eigenvalue weighted by Gasteiger charge is 2.34. The molecule has 7 heteroatoms. The first-order valence-electron chi connectivity index (χ1n) is 10.2. The molecule has 3 fully saturated rings. The summed E-state index contributed by atoms with van der Waals surface area (Å²) in [5.74, 6) is 0.949. The molecule has 150 valence electrons. The number of nitrogens with one attached hydrogen (secondary N) is 3. The van der Waals surface area contributed by atoms with E-state index in [9.17, 15) is 9.18 Å². The first-order valence-corrected chi connectivity index (χ1v) is 10.6. The fraction of sp³-hybridized carbons (Fsp3) is 0.947. The summed E-state index contributed by atoms with van der Waals surface area (Å²) >= 11 is 6.30. The van der Waals surface area contributed by atoms with Crippen LogP contribution in [0, 0.1) is 17.8 Å². The van der Waals surface area contributed by atoms with Crippen LogP contribution in [0.25, 0.3) is 0 Å². The Morgan fingerprint density at radius 2 is 1.96 bits per heavy atom. The highest BCUT2D eigenvalue weighted by Crippen LogP contribution is 2.33. The van der Waals surface area contributed by atoms with Crippen LogP contribution in [0.3, 0.4) is 0 Å². The molecule has 3 rings (SSSR count). The van der Waals surface area contributed by atoms with Crippen LogP contribution in [0.15, 0.2) is 0 Å². The Morgan fingerprint density at radius 3 is 2.62 bits per heavy atom. The van der Waals surface area contributed by atoms with Crippen molar-refractivity contribution < 1.29 is 14.3 Å². The number of piperidine rings is 2. The van der Waals surface area contributed by atoms with Crippen LogP contribution in [0.1, 0.15) is 51.4 Å². The molecule has 4 N–H and O–H groups in total. The number of halogens is 2. The van der Waals surface area contributed by atoms with Gasteiger partial charge in [-0.3, -0.25) is 10.1 Å². The lowest BCUT2D eigenvalue weighted by atomic mass is 9.80. The Morgan fingerprint density at radius 1 is 1.12 bits per heavy atom. The molecular formula is C19H33ClFN3O2. The maximum Gasteiger partial charge on any atom is 0.225 e. The average molecular weight is 390 g/mol. The van der Waals surface area contributed by atoms with E-state index in [1.807, 2.05) is 0 Å². The molecule has 1 amide bonds. The number of carbonyl (C=O) groups is 1.